The highest BCUT2D eigenvalue weighted by Crippen LogP contribution is 2.37. The van der Waals surface area contributed by atoms with E-state index in [1.54, 1.807) is 0 Å². The van der Waals surface area contributed by atoms with Gasteiger partial charge in [-0.25, -0.2) is 4.98 Å². The van der Waals surface area contributed by atoms with Crippen LogP contribution in [0.5, 0.6) is 0 Å². The van der Waals surface area contributed by atoms with Crippen molar-refractivity contribution in [2.75, 3.05) is 0 Å². The topological polar surface area (TPSA) is 34.9 Å². The van der Waals surface area contributed by atoms with Crippen molar-refractivity contribution >= 4 is 16.8 Å². The molecule has 1 aromatic heterocycles. The minimum Gasteiger partial charge on any atom is -0.328 e. The summed E-state index contributed by atoms with van der Waals surface area (Å²) in [6, 6.07) is 8.10. The number of carbonyl (C=O) groups is 1. The molecule has 100 valence electrons. The van der Waals surface area contributed by atoms with Crippen molar-refractivity contribution in [3.05, 3.63) is 30.1 Å². The van der Waals surface area contributed by atoms with Crippen molar-refractivity contribution in [3.63, 3.8) is 0 Å². The van der Waals surface area contributed by atoms with Crippen LogP contribution in [-0.4, -0.2) is 15.3 Å². The van der Waals surface area contributed by atoms with Crippen LogP contribution in [-0.2, 0) is 17.8 Å². The van der Waals surface area contributed by atoms with E-state index in [1.165, 1.54) is 12.8 Å². The summed E-state index contributed by atoms with van der Waals surface area (Å²) >= 11 is 0. The standard InChI is InChI=1S/C16H20N2O/c1-3-18-14-7-5-4-6-13(14)17-16(18)10-15(19)11(2)12-8-9-12/h4-7,11-12H,3,8-10H2,1-2H3. The van der Waals surface area contributed by atoms with Gasteiger partial charge >= 0.3 is 0 Å². The molecule has 1 aromatic carbocycles. The second-order valence-electron chi connectivity index (χ2n) is 5.53. The van der Waals surface area contributed by atoms with Crippen LogP contribution in [0.2, 0.25) is 0 Å². The van der Waals surface area contributed by atoms with Crippen LogP contribution >= 0.6 is 0 Å². The molecule has 0 radical (unpaired) electrons. The third-order valence-corrected chi connectivity index (χ3v) is 4.22. The molecule has 0 bridgehead atoms. The number of hydrogen-bond donors (Lipinski definition) is 0. The maximum Gasteiger partial charge on any atom is 0.143 e. The Bertz CT molecular complexity index is 610. The Hall–Kier alpha value is -1.64. The summed E-state index contributed by atoms with van der Waals surface area (Å²) in [6.45, 7) is 5.03. The lowest BCUT2D eigenvalue weighted by Crippen LogP contribution is -2.18. The molecule has 19 heavy (non-hydrogen) atoms. The normalized spacial score (nSPS) is 16.7. The summed E-state index contributed by atoms with van der Waals surface area (Å²) in [7, 11) is 0. The number of hydrogen-bond acceptors (Lipinski definition) is 2. The maximum absolute atomic E-state index is 12.3. The van der Waals surface area contributed by atoms with Gasteiger partial charge in [-0.1, -0.05) is 19.1 Å². The molecule has 0 aliphatic heterocycles. The van der Waals surface area contributed by atoms with E-state index in [-0.39, 0.29) is 5.92 Å². The van der Waals surface area contributed by atoms with Gasteiger partial charge in [0.05, 0.1) is 17.5 Å². The summed E-state index contributed by atoms with van der Waals surface area (Å²) in [6.07, 6.45) is 2.91. The predicted molar refractivity (Wildman–Crippen MR) is 76.0 cm³/mol. The third-order valence-electron chi connectivity index (χ3n) is 4.22. The van der Waals surface area contributed by atoms with Gasteiger partial charge in [-0.05, 0) is 37.8 Å². The molecule has 1 atom stereocenters. The summed E-state index contributed by atoms with van der Waals surface area (Å²) < 4.78 is 2.16. The fourth-order valence-electron chi connectivity index (χ4n) is 2.79. The minimum absolute atomic E-state index is 0.199. The van der Waals surface area contributed by atoms with Crippen molar-refractivity contribution in [2.45, 2.75) is 39.7 Å². The van der Waals surface area contributed by atoms with Crippen molar-refractivity contribution in [2.24, 2.45) is 11.8 Å². The molecule has 3 rings (SSSR count). The number of para-hydroxylation sites is 2. The molecule has 1 fully saturated rings. The van der Waals surface area contributed by atoms with Crippen molar-refractivity contribution < 1.29 is 4.79 Å². The van der Waals surface area contributed by atoms with E-state index in [0.29, 0.717) is 18.1 Å². The van der Waals surface area contributed by atoms with Gasteiger partial charge in [0.15, 0.2) is 0 Å². The number of imidazole rings is 1. The minimum atomic E-state index is 0.199. The van der Waals surface area contributed by atoms with Gasteiger partial charge < -0.3 is 4.57 Å². The summed E-state index contributed by atoms with van der Waals surface area (Å²) in [4.78, 5) is 16.9. The van der Waals surface area contributed by atoms with E-state index in [1.807, 2.05) is 18.2 Å². The van der Waals surface area contributed by atoms with E-state index in [0.717, 1.165) is 23.4 Å². The fourth-order valence-corrected chi connectivity index (χ4v) is 2.79. The number of aryl methyl sites for hydroxylation is 1. The molecule has 3 nitrogen and oxygen atoms in total. The summed E-state index contributed by atoms with van der Waals surface area (Å²) in [5.41, 5.74) is 2.12. The predicted octanol–water partition coefficient (Wildman–Crippen LogP) is 3.21. The second-order valence-corrected chi connectivity index (χ2v) is 5.53. The van der Waals surface area contributed by atoms with Crippen molar-refractivity contribution in [1.82, 2.24) is 9.55 Å². The van der Waals surface area contributed by atoms with Crippen LogP contribution < -0.4 is 0 Å². The van der Waals surface area contributed by atoms with Crippen LogP contribution in [0.1, 0.15) is 32.5 Å². The van der Waals surface area contributed by atoms with Gasteiger partial charge in [0, 0.05) is 12.5 Å². The summed E-state index contributed by atoms with van der Waals surface area (Å²) in [5, 5.41) is 0. The molecule has 1 saturated carbocycles. The Balaban J connectivity index is 1.89. The number of carbonyl (C=O) groups excluding carboxylic acids is 1. The number of Topliss-reactive ketones (excluding diaryl/α,β-unsaturated/α-hetero) is 1. The zero-order chi connectivity index (χ0) is 13.4. The maximum atomic E-state index is 12.3. The van der Waals surface area contributed by atoms with Crippen LogP contribution in [0, 0.1) is 11.8 Å². The highest BCUT2D eigenvalue weighted by Gasteiger charge is 2.32. The molecule has 0 N–H and O–H groups in total. The number of fused-ring (bicyclic) bond motifs is 1. The second kappa shape index (κ2) is 4.80. The van der Waals surface area contributed by atoms with Crippen LogP contribution in [0.25, 0.3) is 11.0 Å². The Labute approximate surface area is 113 Å². The smallest absolute Gasteiger partial charge is 0.143 e. The quantitative estimate of drug-likeness (QED) is 0.823. The fraction of sp³-hybridized carbons (Fsp3) is 0.500. The largest absolute Gasteiger partial charge is 0.328 e. The van der Waals surface area contributed by atoms with E-state index in [9.17, 15) is 4.79 Å². The van der Waals surface area contributed by atoms with Gasteiger partial charge in [0.25, 0.3) is 0 Å². The number of aromatic nitrogens is 2. The molecule has 3 heteroatoms. The molecule has 0 saturated heterocycles. The number of ketones is 1. The molecule has 2 aromatic rings. The Morgan fingerprint density at radius 3 is 2.84 bits per heavy atom. The zero-order valence-corrected chi connectivity index (χ0v) is 11.6. The Morgan fingerprint density at radius 2 is 2.16 bits per heavy atom. The van der Waals surface area contributed by atoms with E-state index >= 15 is 0 Å². The van der Waals surface area contributed by atoms with Crippen molar-refractivity contribution in [3.8, 4) is 0 Å². The van der Waals surface area contributed by atoms with Gasteiger partial charge in [-0.2, -0.15) is 0 Å². The molecular formula is C16H20N2O. The summed E-state index contributed by atoms with van der Waals surface area (Å²) in [5.74, 6) is 2.09. The third kappa shape index (κ3) is 2.29. The SMILES string of the molecule is CCn1c(CC(=O)C(C)C2CC2)nc2ccccc21. The van der Waals surface area contributed by atoms with E-state index in [2.05, 4.69) is 29.5 Å². The lowest BCUT2D eigenvalue weighted by atomic mass is 9.98. The molecule has 1 aliphatic rings. The first-order chi connectivity index (χ1) is 9.20. The van der Waals surface area contributed by atoms with Gasteiger partial charge in [-0.15, -0.1) is 0 Å². The van der Waals surface area contributed by atoms with Gasteiger partial charge in [0.1, 0.15) is 11.6 Å². The molecular weight excluding hydrogens is 236 g/mol. The number of rotatable bonds is 5. The molecule has 1 aliphatic carbocycles. The average Bonchev–Trinajstić information content (AvgIpc) is 3.20. The first kappa shape index (κ1) is 12.4. The highest BCUT2D eigenvalue weighted by atomic mass is 16.1. The molecule has 0 spiro atoms. The van der Waals surface area contributed by atoms with E-state index < -0.39 is 0 Å². The van der Waals surface area contributed by atoms with E-state index in [4.69, 9.17) is 0 Å². The Morgan fingerprint density at radius 1 is 1.42 bits per heavy atom. The van der Waals surface area contributed by atoms with Crippen LogP contribution in [0.15, 0.2) is 24.3 Å². The first-order valence-corrected chi connectivity index (χ1v) is 7.17. The molecule has 1 unspecified atom stereocenters. The highest BCUT2D eigenvalue weighted by molar-refractivity contribution is 5.84. The number of nitrogens with zero attached hydrogens (tertiary/aromatic N) is 2. The van der Waals surface area contributed by atoms with Gasteiger partial charge in [0.2, 0.25) is 0 Å². The zero-order valence-electron chi connectivity index (χ0n) is 11.6. The molecule has 1 heterocycles. The van der Waals surface area contributed by atoms with Gasteiger partial charge in [-0.3, -0.25) is 4.79 Å². The lowest BCUT2D eigenvalue weighted by Gasteiger charge is -2.09. The lowest BCUT2D eigenvalue weighted by molar-refractivity contribution is -0.122. The number of benzene rings is 1. The average molecular weight is 256 g/mol. The van der Waals surface area contributed by atoms with Crippen molar-refractivity contribution in [1.29, 1.82) is 0 Å². The first-order valence-electron chi connectivity index (χ1n) is 7.17. The van der Waals surface area contributed by atoms with Crippen LogP contribution in [0.3, 0.4) is 0 Å². The monoisotopic (exact) mass is 256 g/mol. The Kier molecular flexibility index (Phi) is 3.13. The molecule has 0 amide bonds. The van der Waals surface area contributed by atoms with Crippen LogP contribution in [0.4, 0.5) is 0 Å².